The molecule has 0 atom stereocenters. The first-order valence-electron chi connectivity index (χ1n) is 6.93. The summed E-state index contributed by atoms with van der Waals surface area (Å²) in [5, 5.41) is 3.27. The molecular weight excluding hydrogens is 256 g/mol. The number of hydrogen-bond donors (Lipinski definition) is 2. The van der Waals surface area contributed by atoms with Crippen molar-refractivity contribution in [1.29, 1.82) is 0 Å². The van der Waals surface area contributed by atoms with Gasteiger partial charge in [-0.2, -0.15) is 4.98 Å². The van der Waals surface area contributed by atoms with Crippen molar-refractivity contribution >= 4 is 11.5 Å². The van der Waals surface area contributed by atoms with Gasteiger partial charge in [-0.1, -0.05) is 13.3 Å². The third-order valence-corrected chi connectivity index (χ3v) is 2.46. The summed E-state index contributed by atoms with van der Waals surface area (Å²) >= 11 is 0. The van der Waals surface area contributed by atoms with Crippen molar-refractivity contribution in [2.45, 2.75) is 52.7 Å². The molecule has 0 aliphatic carbocycles. The summed E-state index contributed by atoms with van der Waals surface area (Å²) in [7, 11) is 1.61. The quantitative estimate of drug-likeness (QED) is 0.748. The molecule has 0 unspecified atom stereocenters. The minimum Gasteiger partial charge on any atom is -0.476 e. The first-order valence-corrected chi connectivity index (χ1v) is 6.93. The van der Waals surface area contributed by atoms with E-state index in [-0.39, 0.29) is 5.54 Å². The van der Waals surface area contributed by atoms with Crippen molar-refractivity contribution in [1.82, 2.24) is 9.97 Å². The van der Waals surface area contributed by atoms with Crippen molar-refractivity contribution < 1.29 is 9.47 Å². The van der Waals surface area contributed by atoms with Gasteiger partial charge in [-0.15, -0.1) is 0 Å². The molecule has 6 heteroatoms. The molecule has 0 saturated carbocycles. The van der Waals surface area contributed by atoms with E-state index in [2.05, 4.69) is 22.2 Å². The molecule has 0 aliphatic rings. The summed E-state index contributed by atoms with van der Waals surface area (Å²) < 4.78 is 10.7. The van der Waals surface area contributed by atoms with Gasteiger partial charge < -0.3 is 20.5 Å². The lowest BCUT2D eigenvalue weighted by Crippen LogP contribution is -2.28. The molecule has 0 saturated heterocycles. The Morgan fingerprint density at radius 3 is 2.50 bits per heavy atom. The van der Waals surface area contributed by atoms with Crippen molar-refractivity contribution in [3.63, 3.8) is 0 Å². The highest BCUT2D eigenvalue weighted by Gasteiger charge is 2.18. The lowest BCUT2D eigenvalue weighted by atomic mass is 10.1. The van der Waals surface area contributed by atoms with E-state index in [1.54, 1.807) is 7.11 Å². The van der Waals surface area contributed by atoms with Crippen molar-refractivity contribution in [2.75, 3.05) is 24.8 Å². The first-order chi connectivity index (χ1) is 9.37. The molecule has 0 radical (unpaired) electrons. The van der Waals surface area contributed by atoms with Crippen LogP contribution in [0.25, 0.3) is 0 Å². The van der Waals surface area contributed by atoms with E-state index in [1.165, 1.54) is 0 Å². The smallest absolute Gasteiger partial charge is 0.242 e. The zero-order valence-electron chi connectivity index (χ0n) is 13.1. The summed E-state index contributed by atoms with van der Waals surface area (Å²) in [4.78, 5) is 8.69. The number of nitrogens with one attached hydrogen (secondary N) is 1. The van der Waals surface area contributed by atoms with Crippen LogP contribution >= 0.6 is 0 Å². The largest absolute Gasteiger partial charge is 0.476 e. The van der Waals surface area contributed by atoms with Crippen LogP contribution < -0.4 is 15.8 Å². The Morgan fingerprint density at radius 2 is 1.95 bits per heavy atom. The lowest BCUT2D eigenvalue weighted by molar-refractivity contribution is 0.176. The Morgan fingerprint density at radius 1 is 1.25 bits per heavy atom. The highest BCUT2D eigenvalue weighted by molar-refractivity contribution is 5.67. The molecular formula is C14H26N4O2. The maximum Gasteiger partial charge on any atom is 0.242 e. The van der Waals surface area contributed by atoms with E-state index in [9.17, 15) is 0 Å². The van der Waals surface area contributed by atoms with E-state index >= 15 is 0 Å². The molecule has 0 amide bonds. The van der Waals surface area contributed by atoms with Crippen LogP contribution in [0.1, 0.15) is 46.4 Å². The van der Waals surface area contributed by atoms with Crippen LogP contribution in [-0.4, -0.2) is 29.2 Å². The van der Waals surface area contributed by atoms with E-state index in [1.807, 2.05) is 20.8 Å². The molecule has 20 heavy (non-hydrogen) atoms. The van der Waals surface area contributed by atoms with Gasteiger partial charge in [0.2, 0.25) is 5.88 Å². The second kappa shape index (κ2) is 7.28. The fourth-order valence-electron chi connectivity index (χ4n) is 1.56. The maximum atomic E-state index is 6.08. The SMILES string of the molecule is CCCCOc1nc(COC)nc(NC(C)(C)C)c1N. The molecule has 0 aromatic carbocycles. The average molecular weight is 282 g/mol. The fourth-order valence-corrected chi connectivity index (χ4v) is 1.56. The normalized spacial score (nSPS) is 11.4. The van der Waals surface area contributed by atoms with Crippen molar-refractivity contribution in [3.8, 4) is 5.88 Å². The van der Waals surface area contributed by atoms with Gasteiger partial charge in [-0.3, -0.25) is 0 Å². The molecule has 0 bridgehead atoms. The zero-order valence-corrected chi connectivity index (χ0v) is 13.1. The number of nitrogens with zero attached hydrogens (tertiary/aromatic N) is 2. The molecule has 114 valence electrons. The average Bonchev–Trinajstić information content (AvgIpc) is 2.33. The number of ether oxygens (including phenoxy) is 2. The van der Waals surface area contributed by atoms with E-state index in [0.29, 0.717) is 36.4 Å². The summed E-state index contributed by atoms with van der Waals surface area (Å²) in [6.45, 7) is 9.16. The highest BCUT2D eigenvalue weighted by Crippen LogP contribution is 2.28. The Labute approximate surface area is 121 Å². The van der Waals surface area contributed by atoms with Crippen molar-refractivity contribution in [3.05, 3.63) is 5.82 Å². The number of nitrogens with two attached hydrogens (primary N) is 1. The molecule has 1 aromatic rings. The number of aromatic nitrogens is 2. The van der Waals surface area contributed by atoms with Gasteiger partial charge >= 0.3 is 0 Å². The second-order valence-corrected chi connectivity index (χ2v) is 5.72. The van der Waals surface area contributed by atoms with E-state index < -0.39 is 0 Å². The minimum absolute atomic E-state index is 0.145. The van der Waals surface area contributed by atoms with Crippen LogP contribution in [0.15, 0.2) is 0 Å². The van der Waals surface area contributed by atoms with Crippen LogP contribution in [0.5, 0.6) is 5.88 Å². The Bertz CT molecular complexity index is 430. The number of hydrogen-bond acceptors (Lipinski definition) is 6. The van der Waals surface area contributed by atoms with Gasteiger partial charge in [0.1, 0.15) is 12.3 Å². The fraction of sp³-hybridized carbons (Fsp3) is 0.714. The van der Waals surface area contributed by atoms with Crippen LogP contribution in [0, 0.1) is 0 Å². The molecule has 0 fully saturated rings. The van der Waals surface area contributed by atoms with Gasteiger partial charge in [0.05, 0.1) is 6.61 Å². The van der Waals surface area contributed by atoms with Gasteiger partial charge in [0, 0.05) is 12.6 Å². The summed E-state index contributed by atoms with van der Waals surface area (Å²) in [6, 6.07) is 0. The third-order valence-electron chi connectivity index (χ3n) is 2.46. The Kier molecular flexibility index (Phi) is 6.01. The maximum absolute atomic E-state index is 6.08. The van der Waals surface area contributed by atoms with Crippen LogP contribution in [0.4, 0.5) is 11.5 Å². The Balaban J connectivity index is 3.02. The monoisotopic (exact) mass is 282 g/mol. The summed E-state index contributed by atoms with van der Waals surface area (Å²) in [5.74, 6) is 1.57. The third kappa shape index (κ3) is 5.21. The number of unbranched alkanes of at least 4 members (excludes halogenated alkanes) is 1. The predicted octanol–water partition coefficient (Wildman–Crippen LogP) is 2.59. The molecule has 3 N–H and O–H groups in total. The molecule has 6 nitrogen and oxygen atoms in total. The van der Waals surface area contributed by atoms with Gasteiger partial charge in [0.15, 0.2) is 11.6 Å². The molecule has 1 aromatic heterocycles. The van der Waals surface area contributed by atoms with Crippen molar-refractivity contribution in [2.24, 2.45) is 0 Å². The second-order valence-electron chi connectivity index (χ2n) is 5.72. The van der Waals surface area contributed by atoms with Crippen LogP contribution in [0.2, 0.25) is 0 Å². The molecule has 0 spiro atoms. The van der Waals surface area contributed by atoms with E-state index in [0.717, 1.165) is 12.8 Å². The topological polar surface area (TPSA) is 82.3 Å². The molecule has 0 aliphatic heterocycles. The molecule has 1 rings (SSSR count). The van der Waals surface area contributed by atoms with Gasteiger partial charge in [0.25, 0.3) is 0 Å². The van der Waals surface area contributed by atoms with Gasteiger partial charge in [-0.05, 0) is 27.2 Å². The lowest BCUT2D eigenvalue weighted by Gasteiger charge is -2.23. The predicted molar refractivity (Wildman–Crippen MR) is 80.9 cm³/mol. The van der Waals surface area contributed by atoms with Crippen LogP contribution in [0.3, 0.4) is 0 Å². The molecule has 1 heterocycles. The summed E-state index contributed by atoms with van der Waals surface area (Å²) in [5.41, 5.74) is 6.38. The Hall–Kier alpha value is -1.56. The summed E-state index contributed by atoms with van der Waals surface area (Å²) in [6.07, 6.45) is 2.02. The number of rotatable bonds is 7. The highest BCUT2D eigenvalue weighted by atomic mass is 16.5. The number of anilines is 2. The standard InChI is InChI=1S/C14H26N4O2/c1-6-7-8-20-13-11(15)12(18-14(2,3)4)16-10(17-13)9-19-5/h6-9,15H2,1-5H3,(H,16,17,18). The number of methoxy groups -OCH3 is 1. The van der Waals surface area contributed by atoms with E-state index in [4.69, 9.17) is 15.2 Å². The first kappa shape index (κ1) is 16.5. The number of nitrogen functional groups attached to an aromatic ring is 1. The zero-order chi connectivity index (χ0) is 15.2. The van der Waals surface area contributed by atoms with Gasteiger partial charge in [-0.25, -0.2) is 4.98 Å². The minimum atomic E-state index is -0.145. The van der Waals surface area contributed by atoms with Crippen LogP contribution in [-0.2, 0) is 11.3 Å².